The number of anilines is 1. The summed E-state index contributed by atoms with van der Waals surface area (Å²) < 4.78 is 46.6. The number of carbonyl (C=O) groups excluding carboxylic acids is 1. The van der Waals surface area contributed by atoms with Gasteiger partial charge in [-0.2, -0.15) is 0 Å². The van der Waals surface area contributed by atoms with E-state index in [1.54, 1.807) is 18.2 Å². The monoisotopic (exact) mass is 433 g/mol. The first-order chi connectivity index (χ1) is 14.5. The summed E-state index contributed by atoms with van der Waals surface area (Å²) in [6.45, 7) is 4.16. The predicted molar refractivity (Wildman–Crippen MR) is 111 cm³/mol. The van der Waals surface area contributed by atoms with Crippen LogP contribution in [0.15, 0.2) is 47.4 Å². The summed E-state index contributed by atoms with van der Waals surface area (Å²) in [6, 6.07) is 10.4. The normalized spacial score (nSPS) is 17.8. The van der Waals surface area contributed by atoms with Crippen molar-refractivity contribution in [3.63, 3.8) is 0 Å². The van der Waals surface area contributed by atoms with Crippen molar-refractivity contribution in [2.45, 2.75) is 11.3 Å². The van der Waals surface area contributed by atoms with Crippen LogP contribution in [0.3, 0.4) is 0 Å². The summed E-state index contributed by atoms with van der Waals surface area (Å²) in [7, 11) is -3.92. The number of halogens is 1. The molecule has 4 rings (SSSR count). The molecule has 2 aliphatic rings. The molecular weight excluding hydrogens is 409 g/mol. The third-order valence-corrected chi connectivity index (χ3v) is 7.15. The van der Waals surface area contributed by atoms with E-state index in [0.29, 0.717) is 23.4 Å². The Balaban J connectivity index is 1.46. The zero-order chi connectivity index (χ0) is 21.1. The maximum atomic E-state index is 13.9. The van der Waals surface area contributed by atoms with Gasteiger partial charge in [-0.15, -0.1) is 0 Å². The third kappa shape index (κ3) is 4.19. The molecule has 0 bridgehead atoms. The van der Waals surface area contributed by atoms with Crippen LogP contribution in [-0.2, 0) is 19.6 Å². The Labute approximate surface area is 175 Å². The first kappa shape index (κ1) is 20.8. The van der Waals surface area contributed by atoms with Crippen LogP contribution < -0.4 is 9.62 Å². The molecule has 0 unspecified atom stereocenters. The molecule has 2 heterocycles. The minimum Gasteiger partial charge on any atom is -0.379 e. The molecule has 1 fully saturated rings. The molecule has 160 valence electrons. The second kappa shape index (κ2) is 8.71. The summed E-state index contributed by atoms with van der Waals surface area (Å²) in [5, 5.41) is 2.80. The first-order valence-corrected chi connectivity index (χ1v) is 11.4. The Morgan fingerprint density at radius 2 is 1.87 bits per heavy atom. The molecular formula is C21H24FN3O4S. The lowest BCUT2D eigenvalue weighted by Crippen LogP contribution is -2.43. The summed E-state index contributed by atoms with van der Waals surface area (Å²) in [5.74, 6) is -0.856. The van der Waals surface area contributed by atoms with E-state index in [2.05, 4.69) is 10.2 Å². The average molecular weight is 434 g/mol. The number of nitrogens with one attached hydrogen (secondary N) is 1. The van der Waals surface area contributed by atoms with Gasteiger partial charge in [0.1, 0.15) is 12.4 Å². The fourth-order valence-electron chi connectivity index (χ4n) is 3.82. The summed E-state index contributed by atoms with van der Waals surface area (Å²) >= 11 is 0. The lowest BCUT2D eigenvalue weighted by Gasteiger charge is -2.31. The highest BCUT2D eigenvalue weighted by Crippen LogP contribution is 2.42. The quantitative estimate of drug-likeness (QED) is 0.704. The first-order valence-electron chi connectivity index (χ1n) is 9.95. The number of amides is 1. The van der Waals surface area contributed by atoms with Crippen LogP contribution in [0.5, 0.6) is 0 Å². The van der Waals surface area contributed by atoms with Crippen molar-refractivity contribution in [3.8, 4) is 11.1 Å². The number of hydrogen-bond donors (Lipinski definition) is 1. The fourth-order valence-corrected chi connectivity index (χ4v) is 5.46. The van der Waals surface area contributed by atoms with Crippen molar-refractivity contribution in [1.82, 2.24) is 10.2 Å². The highest BCUT2D eigenvalue weighted by molar-refractivity contribution is 7.93. The molecule has 2 aromatic carbocycles. The molecule has 30 heavy (non-hydrogen) atoms. The van der Waals surface area contributed by atoms with Crippen LogP contribution in [-0.4, -0.2) is 65.2 Å². The number of sulfonamides is 1. The van der Waals surface area contributed by atoms with Crippen LogP contribution >= 0.6 is 0 Å². The van der Waals surface area contributed by atoms with Gasteiger partial charge in [0.2, 0.25) is 5.91 Å². The van der Waals surface area contributed by atoms with Crippen molar-refractivity contribution in [1.29, 1.82) is 0 Å². The summed E-state index contributed by atoms with van der Waals surface area (Å²) in [6.07, 6.45) is 0.767. The average Bonchev–Trinajstić information content (AvgIpc) is 2.75. The molecule has 1 saturated heterocycles. The Hall–Kier alpha value is -2.49. The number of nitrogens with zero attached hydrogens (tertiary/aromatic N) is 2. The van der Waals surface area contributed by atoms with E-state index in [-0.39, 0.29) is 11.4 Å². The van der Waals surface area contributed by atoms with E-state index in [9.17, 15) is 17.6 Å². The van der Waals surface area contributed by atoms with Gasteiger partial charge in [0.15, 0.2) is 0 Å². The van der Waals surface area contributed by atoms with E-state index in [1.807, 2.05) is 0 Å². The summed E-state index contributed by atoms with van der Waals surface area (Å²) in [5.41, 5.74) is 1.20. The molecule has 1 N–H and O–H groups in total. The van der Waals surface area contributed by atoms with Gasteiger partial charge in [-0.3, -0.25) is 14.0 Å². The second-order valence-electron chi connectivity index (χ2n) is 7.33. The van der Waals surface area contributed by atoms with E-state index in [1.165, 1.54) is 24.3 Å². The van der Waals surface area contributed by atoms with E-state index >= 15 is 0 Å². The molecule has 2 aliphatic heterocycles. The third-order valence-electron chi connectivity index (χ3n) is 5.34. The molecule has 0 spiro atoms. The van der Waals surface area contributed by atoms with E-state index < -0.39 is 21.7 Å². The SMILES string of the molecule is O=C(CN1c2ccc(F)cc2-c2ccccc2S1(=O)=O)NCCCN1CCOCC1. The molecule has 0 radical (unpaired) electrons. The van der Waals surface area contributed by atoms with Crippen molar-refractivity contribution in [3.05, 3.63) is 48.3 Å². The van der Waals surface area contributed by atoms with Gasteiger partial charge in [-0.05, 0) is 37.2 Å². The maximum absolute atomic E-state index is 13.9. The maximum Gasteiger partial charge on any atom is 0.265 e. The number of carbonyl (C=O) groups is 1. The number of rotatable bonds is 6. The van der Waals surface area contributed by atoms with Gasteiger partial charge in [0.25, 0.3) is 10.0 Å². The highest BCUT2D eigenvalue weighted by Gasteiger charge is 2.36. The lowest BCUT2D eigenvalue weighted by molar-refractivity contribution is -0.119. The van der Waals surface area contributed by atoms with Crippen LogP contribution in [0.4, 0.5) is 10.1 Å². The van der Waals surface area contributed by atoms with Crippen LogP contribution in [0, 0.1) is 5.82 Å². The van der Waals surface area contributed by atoms with Crippen LogP contribution in [0.2, 0.25) is 0 Å². The Bertz CT molecular complexity index is 1040. The van der Waals surface area contributed by atoms with Gasteiger partial charge in [0, 0.05) is 30.8 Å². The number of morpholine rings is 1. The van der Waals surface area contributed by atoms with Crippen molar-refractivity contribution in [2.24, 2.45) is 0 Å². The van der Waals surface area contributed by atoms with Crippen LogP contribution in [0.25, 0.3) is 11.1 Å². The fraction of sp³-hybridized carbons (Fsp3) is 0.381. The summed E-state index contributed by atoms with van der Waals surface area (Å²) in [4.78, 5) is 14.9. The Morgan fingerprint density at radius 3 is 2.67 bits per heavy atom. The van der Waals surface area contributed by atoms with Gasteiger partial charge in [0.05, 0.1) is 23.8 Å². The van der Waals surface area contributed by atoms with Crippen molar-refractivity contribution < 1.29 is 22.3 Å². The van der Waals surface area contributed by atoms with Gasteiger partial charge in [-0.1, -0.05) is 18.2 Å². The lowest BCUT2D eigenvalue weighted by atomic mass is 10.0. The minimum absolute atomic E-state index is 0.0724. The molecule has 0 saturated carbocycles. The number of fused-ring (bicyclic) bond motifs is 3. The molecule has 7 nitrogen and oxygen atoms in total. The number of benzene rings is 2. The smallest absolute Gasteiger partial charge is 0.265 e. The molecule has 1 amide bonds. The zero-order valence-corrected chi connectivity index (χ0v) is 17.3. The molecule has 0 aliphatic carbocycles. The highest BCUT2D eigenvalue weighted by atomic mass is 32.2. The largest absolute Gasteiger partial charge is 0.379 e. The van der Waals surface area contributed by atoms with Gasteiger partial charge < -0.3 is 10.1 Å². The zero-order valence-electron chi connectivity index (χ0n) is 16.5. The van der Waals surface area contributed by atoms with Crippen LogP contribution in [0.1, 0.15) is 6.42 Å². The Morgan fingerprint density at radius 1 is 1.10 bits per heavy atom. The van der Waals surface area contributed by atoms with Crippen molar-refractivity contribution >= 4 is 21.6 Å². The van der Waals surface area contributed by atoms with E-state index in [4.69, 9.17) is 4.74 Å². The topological polar surface area (TPSA) is 79.0 Å². The standard InChI is InChI=1S/C21H24FN3O4S/c22-16-6-7-19-18(14-16)17-4-1-2-5-20(17)30(27,28)25(19)15-21(26)23-8-3-9-24-10-12-29-13-11-24/h1-2,4-7,14H,3,8-13,15H2,(H,23,26). The molecule has 0 aromatic heterocycles. The second-order valence-corrected chi connectivity index (χ2v) is 9.16. The van der Waals surface area contributed by atoms with Gasteiger partial charge >= 0.3 is 0 Å². The molecule has 9 heteroatoms. The van der Waals surface area contributed by atoms with E-state index in [0.717, 1.165) is 43.6 Å². The van der Waals surface area contributed by atoms with Crippen molar-refractivity contribution in [2.75, 3.05) is 50.2 Å². The molecule has 0 atom stereocenters. The predicted octanol–water partition coefficient (Wildman–Crippen LogP) is 1.84. The van der Waals surface area contributed by atoms with Gasteiger partial charge in [-0.25, -0.2) is 12.8 Å². The number of hydrogen-bond acceptors (Lipinski definition) is 5. The Kier molecular flexibility index (Phi) is 6.03. The molecule has 2 aromatic rings. The number of ether oxygens (including phenoxy) is 1. The minimum atomic E-state index is -3.92.